The Hall–Kier alpha value is -2.46. The Morgan fingerprint density at radius 1 is 1.22 bits per heavy atom. The Morgan fingerprint density at radius 3 is 2.41 bits per heavy atom. The van der Waals surface area contributed by atoms with E-state index in [9.17, 15) is 17.6 Å². The van der Waals surface area contributed by atoms with Crippen molar-refractivity contribution < 1.29 is 26.9 Å². The van der Waals surface area contributed by atoms with Crippen molar-refractivity contribution in [2.24, 2.45) is 0 Å². The number of rotatable bonds is 4. The average molecular weight is 397 g/mol. The molecule has 0 radical (unpaired) electrons. The van der Waals surface area contributed by atoms with Gasteiger partial charge in [-0.05, 0) is 32.0 Å². The molecule has 1 aliphatic rings. The largest absolute Gasteiger partial charge is 0.494 e. The van der Waals surface area contributed by atoms with Crippen LogP contribution >= 0.6 is 0 Å². The molecule has 10 heteroatoms. The van der Waals surface area contributed by atoms with Crippen LogP contribution in [0.1, 0.15) is 21.8 Å². The van der Waals surface area contributed by atoms with E-state index in [2.05, 4.69) is 5.16 Å². The molecule has 1 aliphatic heterocycles. The number of piperazine rings is 1. The lowest BCUT2D eigenvalue weighted by Crippen LogP contribution is -2.50. The molecule has 0 N–H and O–H groups in total. The number of aromatic nitrogens is 1. The molecular weight excluding hydrogens is 377 g/mol. The van der Waals surface area contributed by atoms with Crippen molar-refractivity contribution in [2.45, 2.75) is 18.7 Å². The summed E-state index contributed by atoms with van der Waals surface area (Å²) in [5, 5.41) is 3.69. The Balaban J connectivity index is 1.72. The molecule has 1 aromatic heterocycles. The standard InChI is InChI=1S/C17H20FN3O5S/c1-11-16(12(2)26-19-11)27(23,24)21-8-6-20(7-9-21)17(22)13-4-5-15(25-3)14(18)10-13/h4-5,10H,6-9H2,1-3H3. The summed E-state index contributed by atoms with van der Waals surface area (Å²) in [5.41, 5.74) is 0.495. The number of halogens is 1. The monoisotopic (exact) mass is 397 g/mol. The van der Waals surface area contributed by atoms with Crippen molar-refractivity contribution in [3.63, 3.8) is 0 Å². The molecule has 2 aromatic rings. The van der Waals surface area contributed by atoms with Crippen LogP contribution in [0.4, 0.5) is 4.39 Å². The molecule has 2 heterocycles. The number of benzene rings is 1. The van der Waals surface area contributed by atoms with Gasteiger partial charge in [0.15, 0.2) is 17.3 Å². The Morgan fingerprint density at radius 2 is 1.89 bits per heavy atom. The third kappa shape index (κ3) is 3.54. The predicted molar refractivity (Wildman–Crippen MR) is 93.6 cm³/mol. The highest BCUT2D eigenvalue weighted by Crippen LogP contribution is 2.25. The number of aryl methyl sites for hydroxylation is 2. The molecule has 1 fully saturated rings. The van der Waals surface area contributed by atoms with Gasteiger partial charge in [0.2, 0.25) is 10.0 Å². The Kier molecular flexibility index (Phi) is 5.20. The average Bonchev–Trinajstić information content (AvgIpc) is 3.00. The van der Waals surface area contributed by atoms with Gasteiger partial charge in [-0.1, -0.05) is 5.16 Å². The van der Waals surface area contributed by atoms with Crippen LogP contribution in [0.3, 0.4) is 0 Å². The van der Waals surface area contributed by atoms with Crippen molar-refractivity contribution in [1.82, 2.24) is 14.4 Å². The molecule has 0 aliphatic carbocycles. The number of sulfonamides is 1. The molecule has 8 nitrogen and oxygen atoms in total. The fourth-order valence-corrected chi connectivity index (χ4v) is 4.80. The maximum atomic E-state index is 13.8. The molecular formula is C17H20FN3O5S. The second-order valence-corrected chi connectivity index (χ2v) is 8.07. The highest BCUT2D eigenvalue weighted by Gasteiger charge is 2.34. The third-order valence-electron chi connectivity index (χ3n) is 4.49. The lowest BCUT2D eigenvalue weighted by molar-refractivity contribution is 0.0697. The molecule has 1 saturated heterocycles. The zero-order valence-electron chi connectivity index (χ0n) is 15.2. The number of ether oxygens (including phenoxy) is 1. The summed E-state index contributed by atoms with van der Waals surface area (Å²) in [5.74, 6) is -0.685. The van der Waals surface area contributed by atoms with Gasteiger partial charge < -0.3 is 14.2 Å². The smallest absolute Gasteiger partial charge is 0.254 e. The summed E-state index contributed by atoms with van der Waals surface area (Å²) in [6, 6.07) is 3.99. The van der Waals surface area contributed by atoms with Gasteiger partial charge in [-0.2, -0.15) is 4.31 Å². The topological polar surface area (TPSA) is 93.0 Å². The van der Waals surface area contributed by atoms with Crippen LogP contribution in [0, 0.1) is 19.7 Å². The van der Waals surface area contributed by atoms with E-state index < -0.39 is 15.8 Å². The lowest BCUT2D eigenvalue weighted by atomic mass is 10.1. The predicted octanol–water partition coefficient (Wildman–Crippen LogP) is 1.59. The van der Waals surface area contributed by atoms with E-state index in [-0.39, 0.29) is 54.1 Å². The molecule has 1 amide bonds. The van der Waals surface area contributed by atoms with Gasteiger partial charge in [0.25, 0.3) is 5.91 Å². The highest BCUT2D eigenvalue weighted by atomic mass is 32.2. The first-order chi connectivity index (χ1) is 12.8. The van der Waals surface area contributed by atoms with Crippen molar-refractivity contribution in [2.75, 3.05) is 33.3 Å². The third-order valence-corrected chi connectivity index (χ3v) is 6.63. The van der Waals surface area contributed by atoms with E-state index in [0.29, 0.717) is 5.69 Å². The van der Waals surface area contributed by atoms with Crippen LogP contribution < -0.4 is 4.74 Å². The zero-order valence-corrected chi connectivity index (χ0v) is 16.0. The number of carbonyl (C=O) groups is 1. The molecule has 146 valence electrons. The first-order valence-corrected chi connectivity index (χ1v) is 9.75. The molecule has 0 unspecified atom stereocenters. The number of hydrogen-bond donors (Lipinski definition) is 0. The molecule has 27 heavy (non-hydrogen) atoms. The van der Waals surface area contributed by atoms with Crippen molar-refractivity contribution in [3.8, 4) is 5.75 Å². The fraction of sp³-hybridized carbons (Fsp3) is 0.412. The summed E-state index contributed by atoms with van der Waals surface area (Å²) in [7, 11) is -2.40. The number of methoxy groups -OCH3 is 1. The molecule has 3 rings (SSSR count). The van der Waals surface area contributed by atoms with Crippen LogP contribution in [0.25, 0.3) is 0 Å². The zero-order chi connectivity index (χ0) is 19.8. The fourth-order valence-electron chi connectivity index (χ4n) is 3.09. The molecule has 0 bridgehead atoms. The minimum atomic E-state index is -3.75. The van der Waals surface area contributed by atoms with E-state index >= 15 is 0 Å². The lowest BCUT2D eigenvalue weighted by Gasteiger charge is -2.34. The minimum Gasteiger partial charge on any atom is -0.494 e. The quantitative estimate of drug-likeness (QED) is 0.778. The Labute approximate surface area is 156 Å². The van der Waals surface area contributed by atoms with E-state index in [0.717, 1.165) is 6.07 Å². The maximum Gasteiger partial charge on any atom is 0.254 e. The number of nitrogens with zero attached hydrogens (tertiary/aromatic N) is 3. The van der Waals surface area contributed by atoms with Gasteiger partial charge in [-0.25, -0.2) is 12.8 Å². The summed E-state index contributed by atoms with van der Waals surface area (Å²) >= 11 is 0. The maximum absolute atomic E-state index is 13.8. The molecule has 0 spiro atoms. The van der Waals surface area contributed by atoms with Gasteiger partial charge in [-0.15, -0.1) is 0 Å². The summed E-state index contributed by atoms with van der Waals surface area (Å²) in [6.07, 6.45) is 0. The van der Waals surface area contributed by atoms with E-state index in [4.69, 9.17) is 9.26 Å². The van der Waals surface area contributed by atoms with Crippen LogP contribution in [0.15, 0.2) is 27.6 Å². The normalized spacial score (nSPS) is 15.8. The summed E-state index contributed by atoms with van der Waals surface area (Å²) < 4.78 is 50.6. The van der Waals surface area contributed by atoms with Gasteiger partial charge in [0.05, 0.1) is 7.11 Å². The number of carbonyl (C=O) groups excluding carboxylic acids is 1. The van der Waals surface area contributed by atoms with Crippen LogP contribution in [-0.4, -0.2) is 62.0 Å². The molecule has 1 aromatic carbocycles. The van der Waals surface area contributed by atoms with Crippen LogP contribution in [-0.2, 0) is 10.0 Å². The summed E-state index contributed by atoms with van der Waals surface area (Å²) in [4.78, 5) is 14.1. The second-order valence-electron chi connectivity index (χ2n) is 6.20. The molecule has 0 atom stereocenters. The van der Waals surface area contributed by atoms with Gasteiger partial charge in [-0.3, -0.25) is 4.79 Å². The highest BCUT2D eigenvalue weighted by molar-refractivity contribution is 7.89. The number of hydrogen-bond acceptors (Lipinski definition) is 6. The Bertz CT molecular complexity index is 945. The van der Waals surface area contributed by atoms with Crippen molar-refractivity contribution >= 4 is 15.9 Å². The number of amides is 1. The van der Waals surface area contributed by atoms with E-state index in [1.807, 2.05) is 0 Å². The first kappa shape index (κ1) is 19.3. The van der Waals surface area contributed by atoms with E-state index in [1.165, 1.54) is 28.4 Å². The van der Waals surface area contributed by atoms with E-state index in [1.54, 1.807) is 13.8 Å². The minimum absolute atomic E-state index is 0.0573. The molecule has 0 saturated carbocycles. The first-order valence-electron chi connectivity index (χ1n) is 8.31. The summed E-state index contributed by atoms with van der Waals surface area (Å²) in [6.45, 7) is 3.80. The van der Waals surface area contributed by atoms with Crippen LogP contribution in [0.5, 0.6) is 5.75 Å². The van der Waals surface area contributed by atoms with Crippen LogP contribution in [0.2, 0.25) is 0 Å². The van der Waals surface area contributed by atoms with Gasteiger partial charge >= 0.3 is 0 Å². The SMILES string of the molecule is COc1ccc(C(=O)N2CCN(S(=O)(=O)c3c(C)noc3C)CC2)cc1F. The van der Waals surface area contributed by atoms with Gasteiger partial charge in [0.1, 0.15) is 10.6 Å². The second kappa shape index (κ2) is 7.28. The van der Waals surface area contributed by atoms with Crippen molar-refractivity contribution in [1.29, 1.82) is 0 Å². The van der Waals surface area contributed by atoms with Crippen molar-refractivity contribution in [3.05, 3.63) is 41.0 Å². The van der Waals surface area contributed by atoms with Gasteiger partial charge in [0, 0.05) is 31.7 Å².